The Morgan fingerprint density at radius 3 is 2.30 bits per heavy atom. The summed E-state index contributed by atoms with van der Waals surface area (Å²) in [5.74, 6) is -1.30. The molecule has 0 fully saturated rings. The molecule has 0 aromatic heterocycles. The lowest BCUT2D eigenvalue weighted by Crippen LogP contribution is -2.53. The number of esters is 1. The number of amides is 2. The first-order valence-corrected chi connectivity index (χ1v) is 8.23. The maximum absolute atomic E-state index is 12.4. The fraction of sp³-hybridized carbons (Fsp3) is 0.812. The molecule has 0 aliphatic rings. The summed E-state index contributed by atoms with van der Waals surface area (Å²) in [5.41, 5.74) is 5.30. The Morgan fingerprint density at radius 1 is 1.17 bits per heavy atom. The zero-order valence-electron chi connectivity index (χ0n) is 14.7. The molecule has 2 atom stereocenters. The monoisotopic (exact) mass is 329 g/mol. The van der Waals surface area contributed by atoms with E-state index in [1.165, 1.54) is 7.11 Å². The molecule has 0 spiro atoms. The molecule has 0 saturated carbocycles. The molecule has 4 N–H and O–H groups in total. The normalized spacial score (nSPS) is 13.4. The van der Waals surface area contributed by atoms with E-state index in [1.807, 2.05) is 13.8 Å². The van der Waals surface area contributed by atoms with E-state index in [-0.39, 0.29) is 24.7 Å². The van der Waals surface area contributed by atoms with Gasteiger partial charge in [-0.1, -0.05) is 33.6 Å². The van der Waals surface area contributed by atoms with Crippen LogP contribution in [0.5, 0.6) is 0 Å². The highest BCUT2D eigenvalue weighted by Crippen LogP contribution is 2.05. The van der Waals surface area contributed by atoms with E-state index in [4.69, 9.17) is 5.73 Å². The molecular weight excluding hydrogens is 298 g/mol. The van der Waals surface area contributed by atoms with Gasteiger partial charge in [-0.3, -0.25) is 14.4 Å². The minimum atomic E-state index is -0.875. The maximum Gasteiger partial charge on any atom is 0.305 e. The lowest BCUT2D eigenvalue weighted by atomic mass is 10.0. The Morgan fingerprint density at radius 2 is 1.83 bits per heavy atom. The summed E-state index contributed by atoms with van der Waals surface area (Å²) < 4.78 is 4.53. The van der Waals surface area contributed by atoms with Crippen LogP contribution in [0.3, 0.4) is 0 Å². The Balaban J connectivity index is 4.58. The fourth-order valence-corrected chi connectivity index (χ4v) is 2.18. The number of primary amides is 1. The summed E-state index contributed by atoms with van der Waals surface area (Å²) in [6.07, 6.45) is 3.36. The van der Waals surface area contributed by atoms with Crippen LogP contribution in [0.4, 0.5) is 0 Å². The molecule has 2 amide bonds. The highest BCUT2D eigenvalue weighted by atomic mass is 16.5. The molecule has 23 heavy (non-hydrogen) atoms. The summed E-state index contributed by atoms with van der Waals surface area (Å²) in [5, 5.41) is 5.85. The quantitative estimate of drug-likeness (QED) is 0.361. The first kappa shape index (κ1) is 21.4. The van der Waals surface area contributed by atoms with Crippen molar-refractivity contribution < 1.29 is 19.1 Å². The van der Waals surface area contributed by atoms with Crippen LogP contribution in [-0.4, -0.2) is 43.5 Å². The molecular formula is C16H31N3O4. The van der Waals surface area contributed by atoms with Crippen LogP contribution in [0.15, 0.2) is 0 Å². The fourth-order valence-electron chi connectivity index (χ4n) is 2.18. The van der Waals surface area contributed by atoms with Gasteiger partial charge in [-0.25, -0.2) is 0 Å². The Bertz CT molecular complexity index is 386. The lowest BCUT2D eigenvalue weighted by Gasteiger charge is -2.24. The number of methoxy groups -OCH3 is 1. The SMILES string of the molecule is CCCCCN[C@H](C(=O)N[C@H](CCC(=O)OC)C(N)=O)C(C)C. The van der Waals surface area contributed by atoms with E-state index in [0.29, 0.717) is 0 Å². The Hall–Kier alpha value is -1.63. The zero-order chi connectivity index (χ0) is 17.8. The molecule has 7 heteroatoms. The van der Waals surface area contributed by atoms with E-state index in [1.54, 1.807) is 0 Å². The van der Waals surface area contributed by atoms with Crippen molar-refractivity contribution in [1.29, 1.82) is 0 Å². The van der Waals surface area contributed by atoms with Gasteiger partial charge in [0.15, 0.2) is 0 Å². The maximum atomic E-state index is 12.4. The van der Waals surface area contributed by atoms with Crippen LogP contribution >= 0.6 is 0 Å². The third kappa shape index (κ3) is 9.18. The van der Waals surface area contributed by atoms with Crippen molar-refractivity contribution in [3.8, 4) is 0 Å². The zero-order valence-corrected chi connectivity index (χ0v) is 14.7. The molecule has 0 aliphatic heterocycles. The number of hydrogen-bond donors (Lipinski definition) is 3. The van der Waals surface area contributed by atoms with Gasteiger partial charge in [0.1, 0.15) is 6.04 Å². The van der Waals surface area contributed by atoms with Crippen molar-refractivity contribution in [3.63, 3.8) is 0 Å². The molecule has 7 nitrogen and oxygen atoms in total. The van der Waals surface area contributed by atoms with E-state index >= 15 is 0 Å². The molecule has 134 valence electrons. The highest BCUT2D eigenvalue weighted by molar-refractivity contribution is 5.89. The minimum Gasteiger partial charge on any atom is -0.469 e. The van der Waals surface area contributed by atoms with Gasteiger partial charge >= 0.3 is 5.97 Å². The summed E-state index contributed by atoms with van der Waals surface area (Å²) in [6, 6.07) is -1.27. The molecule has 0 rings (SSSR count). The lowest BCUT2D eigenvalue weighted by molar-refractivity contribution is -0.141. The first-order chi connectivity index (χ1) is 10.8. The van der Waals surface area contributed by atoms with Crippen molar-refractivity contribution >= 4 is 17.8 Å². The largest absolute Gasteiger partial charge is 0.469 e. The van der Waals surface area contributed by atoms with Crippen LogP contribution in [-0.2, 0) is 19.1 Å². The summed E-state index contributed by atoms with van der Waals surface area (Å²) >= 11 is 0. The standard InChI is InChI=1S/C16H31N3O4/c1-5-6-7-10-18-14(11(2)3)16(22)19-12(15(17)21)8-9-13(20)23-4/h11-12,14,18H,5-10H2,1-4H3,(H2,17,21)(H,19,22)/t12-,14+/m1/s1. The molecule has 0 radical (unpaired) electrons. The van der Waals surface area contributed by atoms with Gasteiger partial charge in [0.05, 0.1) is 13.2 Å². The van der Waals surface area contributed by atoms with Gasteiger partial charge in [-0.2, -0.15) is 0 Å². The van der Waals surface area contributed by atoms with Crippen molar-refractivity contribution in [2.45, 2.75) is 65.0 Å². The average Bonchev–Trinajstić information content (AvgIpc) is 2.49. The second kappa shape index (κ2) is 11.9. The summed E-state index contributed by atoms with van der Waals surface area (Å²) in [4.78, 5) is 35.0. The van der Waals surface area contributed by atoms with Gasteiger partial charge in [-0.05, 0) is 25.3 Å². The average molecular weight is 329 g/mol. The van der Waals surface area contributed by atoms with Crippen molar-refractivity contribution in [1.82, 2.24) is 10.6 Å². The number of hydrogen-bond acceptors (Lipinski definition) is 5. The number of rotatable bonds is 12. The predicted molar refractivity (Wildman–Crippen MR) is 88.5 cm³/mol. The number of carbonyl (C=O) groups excluding carboxylic acids is 3. The van der Waals surface area contributed by atoms with Crippen molar-refractivity contribution in [2.24, 2.45) is 11.7 Å². The first-order valence-electron chi connectivity index (χ1n) is 8.23. The number of nitrogens with two attached hydrogens (primary N) is 1. The van der Waals surface area contributed by atoms with E-state index < -0.39 is 24.0 Å². The predicted octanol–water partition coefficient (Wildman–Crippen LogP) is 0.714. The molecule has 0 heterocycles. The van der Waals surface area contributed by atoms with E-state index in [9.17, 15) is 14.4 Å². The number of nitrogens with one attached hydrogen (secondary N) is 2. The summed E-state index contributed by atoms with van der Waals surface area (Å²) in [6.45, 7) is 6.73. The van der Waals surface area contributed by atoms with Gasteiger partial charge < -0.3 is 21.1 Å². The van der Waals surface area contributed by atoms with Crippen LogP contribution < -0.4 is 16.4 Å². The van der Waals surface area contributed by atoms with Gasteiger partial charge in [0.25, 0.3) is 0 Å². The molecule has 0 aliphatic carbocycles. The highest BCUT2D eigenvalue weighted by Gasteiger charge is 2.26. The second-order valence-electron chi connectivity index (χ2n) is 5.96. The van der Waals surface area contributed by atoms with Crippen LogP contribution in [0.1, 0.15) is 52.9 Å². The number of carbonyl (C=O) groups is 3. The topological polar surface area (TPSA) is 111 Å². The summed E-state index contributed by atoms with van der Waals surface area (Å²) in [7, 11) is 1.27. The smallest absolute Gasteiger partial charge is 0.305 e. The Labute approximate surface area is 138 Å². The molecule has 0 aromatic carbocycles. The van der Waals surface area contributed by atoms with Crippen LogP contribution in [0, 0.1) is 5.92 Å². The van der Waals surface area contributed by atoms with Crippen LogP contribution in [0.25, 0.3) is 0 Å². The third-order valence-electron chi connectivity index (χ3n) is 3.62. The second-order valence-corrected chi connectivity index (χ2v) is 5.96. The third-order valence-corrected chi connectivity index (χ3v) is 3.62. The van der Waals surface area contributed by atoms with Gasteiger partial charge in [0, 0.05) is 6.42 Å². The van der Waals surface area contributed by atoms with Crippen molar-refractivity contribution in [2.75, 3.05) is 13.7 Å². The van der Waals surface area contributed by atoms with E-state index in [0.717, 1.165) is 25.8 Å². The Kier molecular flexibility index (Phi) is 11.0. The molecule has 0 unspecified atom stereocenters. The van der Waals surface area contributed by atoms with Gasteiger partial charge in [0.2, 0.25) is 11.8 Å². The minimum absolute atomic E-state index is 0.0284. The van der Waals surface area contributed by atoms with E-state index in [2.05, 4.69) is 22.3 Å². The number of unbranched alkanes of at least 4 members (excludes halogenated alkanes) is 2. The van der Waals surface area contributed by atoms with Crippen LogP contribution in [0.2, 0.25) is 0 Å². The van der Waals surface area contributed by atoms with Crippen molar-refractivity contribution in [3.05, 3.63) is 0 Å². The van der Waals surface area contributed by atoms with Gasteiger partial charge in [-0.15, -0.1) is 0 Å². The molecule has 0 saturated heterocycles. The number of ether oxygens (including phenoxy) is 1. The molecule has 0 bridgehead atoms. The molecule has 0 aromatic rings.